The molecule has 56 heavy (non-hydrogen) atoms. The molecule has 0 radical (unpaired) electrons. The predicted molar refractivity (Wildman–Crippen MR) is 193 cm³/mol. The van der Waals surface area contributed by atoms with Crippen molar-refractivity contribution >= 4 is 65.0 Å². The van der Waals surface area contributed by atoms with E-state index in [-0.39, 0.29) is 12.8 Å². The van der Waals surface area contributed by atoms with Gasteiger partial charge in [-0.15, -0.1) is 0 Å². The molecule has 10 amide bonds. The van der Waals surface area contributed by atoms with Crippen molar-refractivity contribution < 1.29 is 57.8 Å². The third-order valence-corrected chi connectivity index (χ3v) is 7.90. The molecule has 0 spiro atoms. The van der Waals surface area contributed by atoms with E-state index in [1.54, 1.807) is 30.3 Å². The summed E-state index contributed by atoms with van der Waals surface area (Å²) in [5.41, 5.74) is 32.1. The van der Waals surface area contributed by atoms with Gasteiger partial charge >= 0.3 is 5.97 Å². The van der Waals surface area contributed by atoms with Crippen molar-refractivity contribution in [3.8, 4) is 0 Å². The van der Waals surface area contributed by atoms with Crippen molar-refractivity contribution in [3.63, 3.8) is 0 Å². The van der Waals surface area contributed by atoms with Crippen LogP contribution in [0.1, 0.15) is 63.4 Å². The van der Waals surface area contributed by atoms with Crippen LogP contribution in [0.3, 0.4) is 0 Å². The normalized spacial score (nSPS) is 13.9. The molecule has 0 aliphatic heterocycles. The number of nitrogens with two attached hydrogens (primary N) is 6. The predicted octanol–water partition coefficient (Wildman–Crippen LogP) is -6.00. The Balaban J connectivity index is 3.46. The van der Waals surface area contributed by atoms with E-state index in [4.69, 9.17) is 34.4 Å². The van der Waals surface area contributed by atoms with Crippen LogP contribution < -0.4 is 61.0 Å². The maximum atomic E-state index is 13.9. The molecule has 0 fully saturated rings. The fourth-order valence-electron chi connectivity index (χ4n) is 4.95. The van der Waals surface area contributed by atoms with Gasteiger partial charge in [0, 0.05) is 32.1 Å². The Bertz CT molecular complexity index is 1630. The number of carbonyl (C=O) groups is 11. The zero-order valence-electron chi connectivity index (χ0n) is 30.3. The molecule has 18 N–H and O–H groups in total. The van der Waals surface area contributed by atoms with Crippen molar-refractivity contribution in [2.45, 2.75) is 100 Å². The van der Waals surface area contributed by atoms with Gasteiger partial charge in [0.1, 0.15) is 30.2 Å². The monoisotopic (exact) mass is 791 g/mol. The minimum atomic E-state index is -1.64. The molecule has 6 atom stereocenters. The molecule has 308 valence electrons. The molecule has 0 unspecified atom stereocenters. The Labute approximate surface area is 320 Å². The van der Waals surface area contributed by atoms with E-state index in [0.717, 1.165) is 0 Å². The Morgan fingerprint density at radius 3 is 1.14 bits per heavy atom. The molecule has 0 aliphatic carbocycles. The molecule has 1 rings (SSSR count). The standard InChI is InChI=1S/C33H49N11O12/c34-17(15-27(39)49)28(50)40-18(6-10-23(35)45)31(53)44-22(14-16-4-2-1-3-5-16)32(54)42-19(7-11-24(36)46)29(51)41-20(8-12-25(37)47)30(52)43-21(33(55)56)9-13-26(38)48/h1-5,17-22H,6-15,34H2,(H2,35,45)(H2,36,46)(H2,37,47)(H2,38,48)(H2,39,49)(H,40,50)(H,41,51)(H,42,54)(H,43,52)(H,44,53)(H,55,56)/t17-,18-,19-,20-,21-,22-/m0/s1. The first-order valence-electron chi connectivity index (χ1n) is 17.2. The topological polar surface area (TPSA) is 424 Å². The second kappa shape index (κ2) is 23.9. The van der Waals surface area contributed by atoms with Crippen LogP contribution in [0.5, 0.6) is 0 Å². The molecular formula is C33H49N11O12. The third-order valence-electron chi connectivity index (χ3n) is 7.90. The smallest absolute Gasteiger partial charge is 0.326 e. The van der Waals surface area contributed by atoms with Gasteiger partial charge < -0.3 is 66.1 Å². The fourth-order valence-corrected chi connectivity index (χ4v) is 4.95. The van der Waals surface area contributed by atoms with E-state index in [0.29, 0.717) is 5.56 Å². The number of benzene rings is 1. The lowest BCUT2D eigenvalue weighted by atomic mass is 10.0. The maximum absolute atomic E-state index is 13.9. The molecule has 0 heterocycles. The second-order valence-corrected chi connectivity index (χ2v) is 12.6. The molecule has 0 saturated carbocycles. The van der Waals surface area contributed by atoms with Crippen LogP contribution in [0.2, 0.25) is 0 Å². The highest BCUT2D eigenvalue weighted by molar-refractivity contribution is 5.97. The van der Waals surface area contributed by atoms with Crippen molar-refractivity contribution in [3.05, 3.63) is 35.9 Å². The van der Waals surface area contributed by atoms with Crippen LogP contribution in [-0.4, -0.2) is 106 Å². The average Bonchev–Trinajstić information content (AvgIpc) is 3.10. The van der Waals surface area contributed by atoms with Gasteiger partial charge in [0.15, 0.2) is 0 Å². The summed E-state index contributed by atoms with van der Waals surface area (Å²) < 4.78 is 0. The van der Waals surface area contributed by atoms with E-state index in [1.807, 2.05) is 0 Å². The zero-order valence-corrected chi connectivity index (χ0v) is 30.3. The van der Waals surface area contributed by atoms with Gasteiger partial charge in [-0.3, -0.25) is 47.9 Å². The number of amides is 10. The SMILES string of the molecule is NC(=O)CC[C@H](NC(=O)[C@H](CCC(N)=O)NC(=O)[C@H](CCC(N)=O)NC(=O)[C@H](Cc1ccccc1)NC(=O)[C@H](CCC(N)=O)NC(=O)[C@@H](N)CC(N)=O)C(=O)O. The van der Waals surface area contributed by atoms with Crippen LogP contribution >= 0.6 is 0 Å². The Morgan fingerprint density at radius 2 is 0.786 bits per heavy atom. The van der Waals surface area contributed by atoms with Crippen LogP contribution in [0.25, 0.3) is 0 Å². The van der Waals surface area contributed by atoms with Gasteiger partial charge in [-0.1, -0.05) is 30.3 Å². The summed E-state index contributed by atoms with van der Waals surface area (Å²) in [6, 6.07) is -1.26. The minimum Gasteiger partial charge on any atom is -0.480 e. The number of carboxylic acid groups (broad SMARTS) is 1. The maximum Gasteiger partial charge on any atom is 0.326 e. The molecule has 23 heteroatoms. The van der Waals surface area contributed by atoms with E-state index < -0.39 is 153 Å². The highest BCUT2D eigenvalue weighted by Crippen LogP contribution is 2.09. The van der Waals surface area contributed by atoms with Gasteiger partial charge in [-0.25, -0.2) is 4.79 Å². The van der Waals surface area contributed by atoms with Gasteiger partial charge in [-0.05, 0) is 31.2 Å². The summed E-state index contributed by atoms with van der Waals surface area (Å²) in [5, 5.41) is 21.1. The Morgan fingerprint density at radius 1 is 0.464 bits per heavy atom. The van der Waals surface area contributed by atoms with Gasteiger partial charge in [-0.2, -0.15) is 0 Å². The highest BCUT2D eigenvalue weighted by Gasteiger charge is 2.33. The van der Waals surface area contributed by atoms with Crippen molar-refractivity contribution in [1.82, 2.24) is 26.6 Å². The molecule has 0 aliphatic rings. The summed E-state index contributed by atoms with van der Waals surface area (Å²) in [5.74, 6) is -11.2. The third kappa shape index (κ3) is 18.9. The molecule has 23 nitrogen and oxygen atoms in total. The van der Waals surface area contributed by atoms with Crippen LogP contribution in [0.15, 0.2) is 30.3 Å². The Hall–Kier alpha value is -6.65. The zero-order chi connectivity index (χ0) is 42.5. The number of carboxylic acids is 1. The number of primary amides is 5. The summed E-state index contributed by atoms with van der Waals surface area (Å²) in [7, 11) is 0. The van der Waals surface area contributed by atoms with Gasteiger partial charge in [0.2, 0.25) is 59.1 Å². The number of rotatable bonds is 27. The first kappa shape index (κ1) is 47.4. The number of nitrogens with one attached hydrogen (secondary N) is 5. The number of aliphatic carboxylic acids is 1. The summed E-state index contributed by atoms with van der Waals surface area (Å²) >= 11 is 0. The lowest BCUT2D eigenvalue weighted by Crippen LogP contribution is -2.60. The highest BCUT2D eigenvalue weighted by atomic mass is 16.4. The lowest BCUT2D eigenvalue weighted by Gasteiger charge is -2.27. The fraction of sp³-hybridized carbons (Fsp3) is 0.485. The van der Waals surface area contributed by atoms with Crippen LogP contribution in [-0.2, 0) is 59.2 Å². The van der Waals surface area contributed by atoms with E-state index >= 15 is 0 Å². The quantitative estimate of drug-likeness (QED) is 0.0395. The second-order valence-electron chi connectivity index (χ2n) is 12.6. The van der Waals surface area contributed by atoms with E-state index in [9.17, 15) is 57.8 Å². The van der Waals surface area contributed by atoms with Crippen molar-refractivity contribution in [2.75, 3.05) is 0 Å². The van der Waals surface area contributed by atoms with Gasteiger partial charge in [0.25, 0.3) is 0 Å². The largest absolute Gasteiger partial charge is 0.480 e. The first-order valence-corrected chi connectivity index (χ1v) is 17.2. The molecule has 0 saturated heterocycles. The van der Waals surface area contributed by atoms with E-state index in [2.05, 4.69) is 26.6 Å². The average molecular weight is 792 g/mol. The molecular weight excluding hydrogens is 742 g/mol. The lowest BCUT2D eigenvalue weighted by molar-refractivity contribution is -0.143. The van der Waals surface area contributed by atoms with Crippen molar-refractivity contribution in [2.24, 2.45) is 34.4 Å². The molecule has 1 aromatic rings. The Kier molecular flexibility index (Phi) is 20.2. The first-order chi connectivity index (χ1) is 26.2. The summed E-state index contributed by atoms with van der Waals surface area (Å²) in [4.78, 5) is 136. The minimum absolute atomic E-state index is 0.216. The molecule has 0 aromatic heterocycles. The molecule has 0 bridgehead atoms. The summed E-state index contributed by atoms with van der Waals surface area (Å²) in [6.45, 7) is 0. The van der Waals surface area contributed by atoms with Crippen molar-refractivity contribution in [1.29, 1.82) is 0 Å². The van der Waals surface area contributed by atoms with Gasteiger partial charge in [0.05, 0.1) is 12.5 Å². The summed E-state index contributed by atoms with van der Waals surface area (Å²) in [6.07, 6.45) is -4.24. The van der Waals surface area contributed by atoms with Crippen LogP contribution in [0.4, 0.5) is 0 Å². The van der Waals surface area contributed by atoms with E-state index in [1.165, 1.54) is 0 Å². The number of carbonyl (C=O) groups excluding carboxylic acids is 10. The number of hydrogen-bond acceptors (Lipinski definition) is 12. The number of hydrogen-bond donors (Lipinski definition) is 12. The molecule has 1 aromatic carbocycles. The van der Waals surface area contributed by atoms with Crippen LogP contribution in [0, 0.1) is 0 Å².